The van der Waals surface area contributed by atoms with Gasteiger partial charge in [0.15, 0.2) is 0 Å². The fraction of sp³-hybridized carbons (Fsp3) is 0.647. The fourth-order valence-electron chi connectivity index (χ4n) is 2.78. The minimum absolute atomic E-state index is 0.400. The van der Waals surface area contributed by atoms with Crippen molar-refractivity contribution in [3.63, 3.8) is 0 Å². The monoisotopic (exact) mass is 261 g/mol. The standard InChI is InChI=1S/C17H27NO/c1-12(2)15-7-5-6-8-16(15)18-14-9-10-19-17(11-14)13(3)4/h5-8,12-14,17-18H,9-11H2,1-4H3. The molecule has 2 nitrogen and oxygen atoms in total. The van der Waals surface area contributed by atoms with Crippen LogP contribution in [0.1, 0.15) is 52.0 Å². The number of rotatable bonds is 4. The highest BCUT2D eigenvalue weighted by Crippen LogP contribution is 2.28. The van der Waals surface area contributed by atoms with Crippen LogP contribution in [0.25, 0.3) is 0 Å². The molecule has 0 amide bonds. The zero-order valence-corrected chi connectivity index (χ0v) is 12.6. The molecule has 1 heterocycles. The molecule has 1 aliphatic heterocycles. The smallest absolute Gasteiger partial charge is 0.0617 e. The maximum absolute atomic E-state index is 5.85. The van der Waals surface area contributed by atoms with Crippen LogP contribution in [0, 0.1) is 5.92 Å². The van der Waals surface area contributed by atoms with Crippen molar-refractivity contribution in [2.75, 3.05) is 11.9 Å². The number of ether oxygens (including phenoxy) is 1. The van der Waals surface area contributed by atoms with Gasteiger partial charge in [0.05, 0.1) is 6.10 Å². The summed E-state index contributed by atoms with van der Waals surface area (Å²) >= 11 is 0. The van der Waals surface area contributed by atoms with Crippen molar-refractivity contribution in [3.8, 4) is 0 Å². The lowest BCUT2D eigenvalue weighted by Crippen LogP contribution is -2.36. The van der Waals surface area contributed by atoms with Gasteiger partial charge in [-0.25, -0.2) is 0 Å². The molecule has 1 saturated heterocycles. The molecule has 0 spiro atoms. The molecule has 1 N–H and O–H groups in total. The van der Waals surface area contributed by atoms with Gasteiger partial charge in [-0.2, -0.15) is 0 Å². The molecular weight excluding hydrogens is 234 g/mol. The Hall–Kier alpha value is -1.02. The number of hydrogen-bond acceptors (Lipinski definition) is 2. The number of benzene rings is 1. The summed E-state index contributed by atoms with van der Waals surface area (Å²) in [6.45, 7) is 9.87. The predicted molar refractivity (Wildman–Crippen MR) is 81.8 cm³/mol. The van der Waals surface area contributed by atoms with Crippen molar-refractivity contribution in [1.29, 1.82) is 0 Å². The van der Waals surface area contributed by atoms with Crippen LogP contribution in [-0.4, -0.2) is 18.8 Å². The number of hydrogen-bond donors (Lipinski definition) is 1. The van der Waals surface area contributed by atoms with E-state index in [1.54, 1.807) is 0 Å². The van der Waals surface area contributed by atoms with Gasteiger partial charge in [-0.3, -0.25) is 0 Å². The average Bonchev–Trinajstić information content (AvgIpc) is 2.39. The SMILES string of the molecule is CC(C)c1ccccc1NC1CCOC(C(C)C)C1. The quantitative estimate of drug-likeness (QED) is 0.866. The van der Waals surface area contributed by atoms with Crippen molar-refractivity contribution in [3.05, 3.63) is 29.8 Å². The summed E-state index contributed by atoms with van der Waals surface area (Å²) in [5, 5.41) is 3.74. The van der Waals surface area contributed by atoms with Crippen LogP contribution >= 0.6 is 0 Å². The number of anilines is 1. The first-order valence-electron chi connectivity index (χ1n) is 7.55. The molecule has 2 atom stereocenters. The fourth-order valence-corrected chi connectivity index (χ4v) is 2.78. The molecule has 2 unspecified atom stereocenters. The Morgan fingerprint density at radius 3 is 2.58 bits per heavy atom. The van der Waals surface area contributed by atoms with Gasteiger partial charge in [0.2, 0.25) is 0 Å². The summed E-state index contributed by atoms with van der Waals surface area (Å²) < 4.78 is 5.85. The van der Waals surface area contributed by atoms with Crippen molar-refractivity contribution in [2.24, 2.45) is 5.92 Å². The first kappa shape index (κ1) is 14.4. The third-order valence-electron chi connectivity index (χ3n) is 4.00. The van der Waals surface area contributed by atoms with Gasteiger partial charge in [-0.1, -0.05) is 45.9 Å². The van der Waals surface area contributed by atoms with E-state index in [1.165, 1.54) is 11.3 Å². The van der Waals surface area contributed by atoms with Crippen molar-refractivity contribution in [1.82, 2.24) is 0 Å². The highest BCUT2D eigenvalue weighted by Gasteiger charge is 2.25. The Morgan fingerprint density at radius 2 is 1.89 bits per heavy atom. The number of para-hydroxylation sites is 1. The molecule has 106 valence electrons. The van der Waals surface area contributed by atoms with E-state index in [4.69, 9.17) is 4.74 Å². The lowest BCUT2D eigenvalue weighted by molar-refractivity contribution is -0.0160. The Labute approximate surface area is 117 Å². The van der Waals surface area contributed by atoms with Crippen LogP contribution in [0.15, 0.2) is 24.3 Å². The molecule has 1 fully saturated rings. The van der Waals surface area contributed by atoms with Crippen LogP contribution in [0.5, 0.6) is 0 Å². The van der Waals surface area contributed by atoms with Gasteiger partial charge in [-0.15, -0.1) is 0 Å². The summed E-state index contributed by atoms with van der Waals surface area (Å²) in [5.74, 6) is 1.16. The zero-order chi connectivity index (χ0) is 13.8. The van der Waals surface area contributed by atoms with Crippen LogP contribution in [0.2, 0.25) is 0 Å². The molecule has 0 aromatic heterocycles. The minimum Gasteiger partial charge on any atom is -0.382 e. The second-order valence-electron chi connectivity index (χ2n) is 6.26. The summed E-state index contributed by atoms with van der Waals surface area (Å²) in [4.78, 5) is 0. The molecule has 1 aliphatic rings. The van der Waals surface area contributed by atoms with Gasteiger partial charge < -0.3 is 10.1 Å². The molecule has 19 heavy (non-hydrogen) atoms. The Bertz CT molecular complexity index is 400. The molecule has 0 radical (unpaired) electrons. The van der Waals surface area contributed by atoms with E-state index in [1.807, 2.05) is 0 Å². The van der Waals surface area contributed by atoms with Crippen molar-refractivity contribution < 1.29 is 4.74 Å². The van der Waals surface area contributed by atoms with E-state index in [9.17, 15) is 0 Å². The molecule has 2 rings (SSSR count). The van der Waals surface area contributed by atoms with Gasteiger partial charge >= 0.3 is 0 Å². The van der Waals surface area contributed by atoms with E-state index in [-0.39, 0.29) is 0 Å². The molecule has 0 saturated carbocycles. The lowest BCUT2D eigenvalue weighted by Gasteiger charge is -2.33. The maximum Gasteiger partial charge on any atom is 0.0617 e. The van der Waals surface area contributed by atoms with Gasteiger partial charge in [-0.05, 0) is 36.3 Å². The lowest BCUT2D eigenvalue weighted by atomic mass is 9.94. The van der Waals surface area contributed by atoms with Crippen molar-refractivity contribution in [2.45, 2.75) is 58.6 Å². The zero-order valence-electron chi connectivity index (χ0n) is 12.6. The maximum atomic E-state index is 5.85. The van der Waals surface area contributed by atoms with Crippen LogP contribution in [0.4, 0.5) is 5.69 Å². The summed E-state index contributed by atoms with van der Waals surface area (Å²) in [6.07, 6.45) is 2.62. The highest BCUT2D eigenvalue weighted by atomic mass is 16.5. The summed E-state index contributed by atoms with van der Waals surface area (Å²) in [5.41, 5.74) is 2.71. The van der Waals surface area contributed by atoms with Crippen LogP contribution in [0.3, 0.4) is 0 Å². The van der Waals surface area contributed by atoms with Gasteiger partial charge in [0, 0.05) is 18.3 Å². The first-order chi connectivity index (χ1) is 9.08. The van der Waals surface area contributed by atoms with Crippen LogP contribution < -0.4 is 5.32 Å². The van der Waals surface area contributed by atoms with Crippen molar-refractivity contribution >= 4 is 5.69 Å². The molecule has 1 aromatic rings. The Balaban J connectivity index is 2.04. The van der Waals surface area contributed by atoms with Crippen LogP contribution in [-0.2, 0) is 4.74 Å². The first-order valence-corrected chi connectivity index (χ1v) is 7.55. The summed E-state index contributed by atoms with van der Waals surface area (Å²) in [6, 6.07) is 9.22. The molecule has 2 heteroatoms. The number of nitrogens with one attached hydrogen (secondary N) is 1. The van der Waals surface area contributed by atoms with E-state index in [0.717, 1.165) is 19.4 Å². The van der Waals surface area contributed by atoms with Gasteiger partial charge in [0.25, 0.3) is 0 Å². The van der Waals surface area contributed by atoms with E-state index < -0.39 is 0 Å². The third kappa shape index (κ3) is 3.73. The third-order valence-corrected chi connectivity index (χ3v) is 4.00. The minimum atomic E-state index is 0.400. The predicted octanol–water partition coefficient (Wildman–Crippen LogP) is 4.43. The van der Waals surface area contributed by atoms with E-state index in [0.29, 0.717) is 24.0 Å². The molecule has 0 bridgehead atoms. The topological polar surface area (TPSA) is 21.3 Å². The molecule has 0 aliphatic carbocycles. The molecular formula is C17H27NO. The van der Waals surface area contributed by atoms with E-state index >= 15 is 0 Å². The van der Waals surface area contributed by atoms with E-state index in [2.05, 4.69) is 57.3 Å². The Kier molecular flexibility index (Phi) is 4.87. The highest BCUT2D eigenvalue weighted by molar-refractivity contribution is 5.53. The average molecular weight is 261 g/mol. The molecule has 1 aromatic carbocycles. The largest absolute Gasteiger partial charge is 0.382 e. The summed E-state index contributed by atoms with van der Waals surface area (Å²) in [7, 11) is 0. The second-order valence-corrected chi connectivity index (χ2v) is 6.26. The normalized spacial score (nSPS) is 23.9. The van der Waals surface area contributed by atoms with Gasteiger partial charge in [0.1, 0.15) is 0 Å². The Morgan fingerprint density at radius 1 is 1.16 bits per heavy atom. The second kappa shape index (κ2) is 6.42.